The second kappa shape index (κ2) is 9.20. The number of carbonyl (C=O) groups is 1. The first-order chi connectivity index (χ1) is 13.6. The summed E-state index contributed by atoms with van der Waals surface area (Å²) in [4.78, 5) is 16.8. The zero-order valence-corrected chi connectivity index (χ0v) is 17.2. The molecule has 148 valence electrons. The zero-order valence-electron chi connectivity index (χ0n) is 16.4. The standard InChI is InChI=1S/C20H26N6OS/c1-3-13-26-17(16-7-11-22-12-8-16)24-25-19(26)28-15(2)18(27)23-20(14-21)9-5-4-6-10-20/h7-8,11-12,15H,3-6,9-10,13H2,1-2H3,(H,23,27). The maximum atomic E-state index is 12.8. The number of hydrogen-bond acceptors (Lipinski definition) is 6. The van der Waals surface area contributed by atoms with Crippen molar-refractivity contribution in [3.63, 3.8) is 0 Å². The highest BCUT2D eigenvalue weighted by Crippen LogP contribution is 2.30. The number of pyridine rings is 1. The van der Waals surface area contributed by atoms with Crippen LogP contribution in [-0.2, 0) is 11.3 Å². The summed E-state index contributed by atoms with van der Waals surface area (Å²) < 4.78 is 2.05. The highest BCUT2D eigenvalue weighted by molar-refractivity contribution is 8.00. The minimum atomic E-state index is -0.719. The molecule has 8 heteroatoms. The third kappa shape index (κ3) is 4.53. The molecule has 7 nitrogen and oxygen atoms in total. The molecular formula is C20H26N6OS. The van der Waals surface area contributed by atoms with Gasteiger partial charge in [0, 0.05) is 24.5 Å². The van der Waals surface area contributed by atoms with Crippen LogP contribution in [0.3, 0.4) is 0 Å². The Bertz CT molecular complexity index is 838. The third-order valence-electron chi connectivity index (χ3n) is 5.04. The minimum absolute atomic E-state index is 0.120. The van der Waals surface area contributed by atoms with Gasteiger partial charge in [0.25, 0.3) is 0 Å². The van der Waals surface area contributed by atoms with Crippen molar-refractivity contribution >= 4 is 17.7 Å². The highest BCUT2D eigenvalue weighted by atomic mass is 32.2. The van der Waals surface area contributed by atoms with E-state index in [9.17, 15) is 10.1 Å². The fourth-order valence-corrected chi connectivity index (χ4v) is 4.36. The van der Waals surface area contributed by atoms with E-state index in [1.807, 2.05) is 23.6 Å². The first-order valence-corrected chi connectivity index (χ1v) is 10.7. The van der Waals surface area contributed by atoms with Gasteiger partial charge in [0.05, 0.1) is 11.3 Å². The first-order valence-electron chi connectivity index (χ1n) is 9.82. The lowest BCUT2D eigenvalue weighted by molar-refractivity contribution is -0.121. The molecule has 0 aliphatic heterocycles. The highest BCUT2D eigenvalue weighted by Gasteiger charge is 2.35. The third-order valence-corrected chi connectivity index (χ3v) is 6.12. The van der Waals surface area contributed by atoms with E-state index >= 15 is 0 Å². The van der Waals surface area contributed by atoms with Crippen molar-refractivity contribution in [1.82, 2.24) is 25.1 Å². The van der Waals surface area contributed by atoms with Gasteiger partial charge in [-0.1, -0.05) is 37.9 Å². The number of thioether (sulfide) groups is 1. The molecule has 3 rings (SSSR count). The molecule has 1 saturated carbocycles. The maximum Gasteiger partial charge on any atom is 0.234 e. The predicted octanol–water partition coefficient (Wildman–Crippen LogP) is 3.57. The van der Waals surface area contributed by atoms with E-state index in [-0.39, 0.29) is 11.2 Å². The Kier molecular flexibility index (Phi) is 6.68. The van der Waals surface area contributed by atoms with Gasteiger partial charge >= 0.3 is 0 Å². The lowest BCUT2D eigenvalue weighted by atomic mass is 9.83. The maximum absolute atomic E-state index is 12.8. The molecule has 0 saturated heterocycles. The average molecular weight is 399 g/mol. The zero-order chi connectivity index (χ0) is 20.0. The van der Waals surface area contributed by atoms with Crippen LogP contribution in [-0.4, -0.2) is 36.4 Å². The smallest absolute Gasteiger partial charge is 0.234 e. The normalized spacial score (nSPS) is 16.9. The number of nitriles is 1. The summed E-state index contributed by atoms with van der Waals surface area (Å²) in [5.41, 5.74) is 0.231. The molecule has 28 heavy (non-hydrogen) atoms. The molecule has 0 spiro atoms. The molecule has 1 amide bonds. The van der Waals surface area contributed by atoms with Gasteiger partial charge in [0.15, 0.2) is 11.0 Å². The van der Waals surface area contributed by atoms with E-state index in [0.29, 0.717) is 5.16 Å². The fourth-order valence-electron chi connectivity index (χ4n) is 3.48. The van der Waals surface area contributed by atoms with Gasteiger partial charge in [-0.2, -0.15) is 5.26 Å². The monoisotopic (exact) mass is 398 g/mol. The van der Waals surface area contributed by atoms with E-state index in [1.165, 1.54) is 11.8 Å². The van der Waals surface area contributed by atoms with Crippen molar-refractivity contribution in [1.29, 1.82) is 5.26 Å². The van der Waals surface area contributed by atoms with Crippen molar-refractivity contribution in [3.05, 3.63) is 24.5 Å². The summed E-state index contributed by atoms with van der Waals surface area (Å²) in [6, 6.07) is 6.15. The Morgan fingerprint density at radius 3 is 2.68 bits per heavy atom. The predicted molar refractivity (Wildman–Crippen MR) is 108 cm³/mol. The van der Waals surface area contributed by atoms with Crippen molar-refractivity contribution in [2.75, 3.05) is 0 Å². The minimum Gasteiger partial charge on any atom is -0.337 e. The van der Waals surface area contributed by atoms with E-state index in [0.717, 1.165) is 56.5 Å². The quantitative estimate of drug-likeness (QED) is 0.716. The van der Waals surface area contributed by atoms with Crippen LogP contribution in [0.15, 0.2) is 29.7 Å². The molecule has 2 aromatic rings. The fraction of sp³-hybridized carbons (Fsp3) is 0.550. The first kappa shape index (κ1) is 20.3. The van der Waals surface area contributed by atoms with Crippen LogP contribution in [0.2, 0.25) is 0 Å². The van der Waals surface area contributed by atoms with E-state index in [2.05, 4.69) is 33.5 Å². The molecule has 2 heterocycles. The Hall–Kier alpha value is -2.40. The lowest BCUT2D eigenvalue weighted by Gasteiger charge is -2.32. The lowest BCUT2D eigenvalue weighted by Crippen LogP contribution is -2.51. The summed E-state index contributed by atoms with van der Waals surface area (Å²) in [6.07, 6.45) is 8.94. The topological polar surface area (TPSA) is 96.5 Å². The van der Waals surface area contributed by atoms with E-state index in [1.54, 1.807) is 12.4 Å². The van der Waals surface area contributed by atoms with Crippen molar-refractivity contribution in [2.24, 2.45) is 0 Å². The van der Waals surface area contributed by atoms with Gasteiger partial charge < -0.3 is 9.88 Å². The molecule has 0 bridgehead atoms. The number of carbonyl (C=O) groups excluding carboxylic acids is 1. The molecule has 1 N–H and O–H groups in total. The number of aromatic nitrogens is 4. The number of nitrogens with zero attached hydrogens (tertiary/aromatic N) is 5. The van der Waals surface area contributed by atoms with Crippen LogP contribution >= 0.6 is 11.8 Å². The molecule has 1 aliphatic rings. The van der Waals surface area contributed by atoms with Gasteiger partial charge in [-0.05, 0) is 38.3 Å². The van der Waals surface area contributed by atoms with Crippen LogP contribution in [0.4, 0.5) is 0 Å². The van der Waals surface area contributed by atoms with Gasteiger partial charge in [-0.15, -0.1) is 10.2 Å². The number of hydrogen-bond donors (Lipinski definition) is 1. The second-order valence-electron chi connectivity index (χ2n) is 7.20. The Labute approximate surface area is 170 Å². The molecule has 2 aromatic heterocycles. The van der Waals surface area contributed by atoms with Crippen LogP contribution in [0.25, 0.3) is 11.4 Å². The number of nitrogens with one attached hydrogen (secondary N) is 1. The summed E-state index contributed by atoms with van der Waals surface area (Å²) in [5, 5.41) is 21.6. The van der Waals surface area contributed by atoms with Crippen molar-refractivity contribution < 1.29 is 4.79 Å². The van der Waals surface area contributed by atoms with Gasteiger partial charge in [0.2, 0.25) is 5.91 Å². The summed E-state index contributed by atoms with van der Waals surface area (Å²) in [6.45, 7) is 4.72. The summed E-state index contributed by atoms with van der Waals surface area (Å²) in [5.74, 6) is 0.657. The Balaban J connectivity index is 1.74. The van der Waals surface area contributed by atoms with E-state index in [4.69, 9.17) is 0 Å². The molecule has 0 aromatic carbocycles. The molecule has 1 atom stereocenters. The van der Waals surface area contributed by atoms with Crippen LogP contribution in [0.5, 0.6) is 0 Å². The van der Waals surface area contributed by atoms with Crippen LogP contribution in [0.1, 0.15) is 52.4 Å². The van der Waals surface area contributed by atoms with Gasteiger partial charge in [-0.3, -0.25) is 9.78 Å². The largest absolute Gasteiger partial charge is 0.337 e. The summed E-state index contributed by atoms with van der Waals surface area (Å²) in [7, 11) is 0. The molecule has 0 radical (unpaired) electrons. The molecule has 1 fully saturated rings. The van der Waals surface area contributed by atoms with Crippen LogP contribution < -0.4 is 5.32 Å². The molecule has 1 unspecified atom stereocenters. The second-order valence-corrected chi connectivity index (χ2v) is 8.51. The summed E-state index contributed by atoms with van der Waals surface area (Å²) >= 11 is 1.38. The van der Waals surface area contributed by atoms with Crippen molar-refractivity contribution in [3.8, 4) is 17.5 Å². The van der Waals surface area contributed by atoms with Crippen molar-refractivity contribution in [2.45, 2.75) is 74.9 Å². The van der Waals surface area contributed by atoms with E-state index < -0.39 is 5.54 Å². The Morgan fingerprint density at radius 2 is 2.04 bits per heavy atom. The number of rotatable bonds is 7. The molecular weight excluding hydrogens is 372 g/mol. The molecule has 1 aliphatic carbocycles. The SMILES string of the molecule is CCCn1c(SC(C)C(=O)NC2(C#N)CCCCC2)nnc1-c1ccncc1. The Morgan fingerprint density at radius 1 is 1.32 bits per heavy atom. The number of amides is 1. The van der Waals surface area contributed by atoms with Crippen LogP contribution in [0, 0.1) is 11.3 Å². The average Bonchev–Trinajstić information content (AvgIpc) is 3.12. The van der Waals surface area contributed by atoms with Gasteiger partial charge in [0.1, 0.15) is 5.54 Å². The van der Waals surface area contributed by atoms with Gasteiger partial charge in [-0.25, -0.2) is 0 Å².